The molecule has 0 aromatic heterocycles. The number of aliphatic hydroxyl groups excluding tert-OH is 1. The number of hydrogen-bond acceptors (Lipinski definition) is 3. The molecule has 0 spiro atoms. The molecule has 3 nitrogen and oxygen atoms in total. The van der Waals surface area contributed by atoms with E-state index >= 15 is 0 Å². The van der Waals surface area contributed by atoms with Crippen LogP contribution in [0.2, 0.25) is 0 Å². The zero-order valence-corrected chi connectivity index (χ0v) is 10.2. The maximum atomic E-state index is 9.56. The normalized spacial score (nSPS) is 13.9. The summed E-state index contributed by atoms with van der Waals surface area (Å²) in [6.07, 6.45) is 1.84. The summed E-state index contributed by atoms with van der Waals surface area (Å²) in [5.74, 6) is 0. The summed E-state index contributed by atoms with van der Waals surface area (Å²) in [6, 6.07) is 0. The fourth-order valence-corrected chi connectivity index (χ4v) is 1.38. The molecule has 1 unspecified atom stereocenters. The first kappa shape index (κ1) is 13.9. The summed E-state index contributed by atoms with van der Waals surface area (Å²) >= 11 is 0. The lowest BCUT2D eigenvalue weighted by atomic mass is 10.2. The van der Waals surface area contributed by atoms with Crippen molar-refractivity contribution in [3.8, 4) is 0 Å². The SMILES string of the molecule is CCCN(CCN(C)C)CC(O)CC. The highest BCUT2D eigenvalue weighted by atomic mass is 16.3. The molecule has 0 aliphatic rings. The summed E-state index contributed by atoms with van der Waals surface area (Å²) in [5, 5.41) is 9.56. The highest BCUT2D eigenvalue weighted by Gasteiger charge is 2.09. The number of likely N-dealkylation sites (N-methyl/N-ethyl adjacent to an activating group) is 1. The number of hydrogen-bond donors (Lipinski definition) is 1. The standard InChI is InChI=1S/C11H26N2O/c1-5-7-13(9-8-12(3)4)10-11(14)6-2/h11,14H,5-10H2,1-4H3. The van der Waals surface area contributed by atoms with Crippen LogP contribution in [0.3, 0.4) is 0 Å². The largest absolute Gasteiger partial charge is 0.392 e. The maximum Gasteiger partial charge on any atom is 0.0664 e. The van der Waals surface area contributed by atoms with Crippen molar-refractivity contribution in [3.63, 3.8) is 0 Å². The van der Waals surface area contributed by atoms with Crippen molar-refractivity contribution in [1.82, 2.24) is 9.80 Å². The average Bonchev–Trinajstić information content (AvgIpc) is 2.14. The van der Waals surface area contributed by atoms with E-state index in [0.717, 1.165) is 39.0 Å². The van der Waals surface area contributed by atoms with Gasteiger partial charge in [-0.1, -0.05) is 13.8 Å². The van der Waals surface area contributed by atoms with E-state index in [1.165, 1.54) is 0 Å². The number of rotatable bonds is 8. The monoisotopic (exact) mass is 202 g/mol. The molecule has 0 aromatic carbocycles. The Morgan fingerprint density at radius 3 is 2.14 bits per heavy atom. The molecule has 0 saturated heterocycles. The predicted octanol–water partition coefficient (Wildman–Crippen LogP) is 1.03. The van der Waals surface area contributed by atoms with E-state index in [1.807, 2.05) is 6.92 Å². The summed E-state index contributed by atoms with van der Waals surface area (Å²) in [5.41, 5.74) is 0. The Morgan fingerprint density at radius 2 is 1.71 bits per heavy atom. The van der Waals surface area contributed by atoms with Crippen LogP contribution in [0, 0.1) is 0 Å². The van der Waals surface area contributed by atoms with E-state index in [-0.39, 0.29) is 6.10 Å². The van der Waals surface area contributed by atoms with Gasteiger partial charge in [0.05, 0.1) is 6.10 Å². The van der Waals surface area contributed by atoms with E-state index in [4.69, 9.17) is 0 Å². The van der Waals surface area contributed by atoms with Crippen molar-refractivity contribution in [2.75, 3.05) is 40.3 Å². The third-order valence-electron chi connectivity index (χ3n) is 2.34. The lowest BCUT2D eigenvalue weighted by molar-refractivity contribution is 0.105. The molecule has 0 fully saturated rings. The van der Waals surface area contributed by atoms with Gasteiger partial charge in [-0.2, -0.15) is 0 Å². The minimum absolute atomic E-state index is 0.163. The van der Waals surface area contributed by atoms with Crippen LogP contribution in [0.1, 0.15) is 26.7 Å². The molecule has 0 saturated carbocycles. The van der Waals surface area contributed by atoms with Crippen LogP contribution in [-0.2, 0) is 0 Å². The second-order valence-electron chi connectivity index (χ2n) is 4.17. The molecule has 0 aromatic rings. The Kier molecular flexibility index (Phi) is 8.14. The molecule has 0 aliphatic heterocycles. The van der Waals surface area contributed by atoms with Crippen molar-refractivity contribution in [2.45, 2.75) is 32.8 Å². The van der Waals surface area contributed by atoms with Crippen LogP contribution >= 0.6 is 0 Å². The molecule has 3 heteroatoms. The highest BCUT2D eigenvalue weighted by Crippen LogP contribution is 1.98. The minimum Gasteiger partial charge on any atom is -0.392 e. The van der Waals surface area contributed by atoms with E-state index in [2.05, 4.69) is 30.8 Å². The summed E-state index contributed by atoms with van der Waals surface area (Å²) in [6.45, 7) is 8.24. The van der Waals surface area contributed by atoms with E-state index in [1.54, 1.807) is 0 Å². The molecule has 0 bridgehead atoms. The second kappa shape index (κ2) is 8.21. The van der Waals surface area contributed by atoms with Gasteiger partial charge in [-0.05, 0) is 33.5 Å². The van der Waals surface area contributed by atoms with Crippen molar-refractivity contribution in [3.05, 3.63) is 0 Å². The maximum absolute atomic E-state index is 9.56. The second-order valence-corrected chi connectivity index (χ2v) is 4.17. The summed E-state index contributed by atoms with van der Waals surface area (Å²) < 4.78 is 0. The van der Waals surface area contributed by atoms with Gasteiger partial charge in [-0.15, -0.1) is 0 Å². The van der Waals surface area contributed by atoms with Gasteiger partial charge in [-0.25, -0.2) is 0 Å². The molecular formula is C11H26N2O. The van der Waals surface area contributed by atoms with Crippen LogP contribution in [0.4, 0.5) is 0 Å². The van der Waals surface area contributed by atoms with E-state index in [9.17, 15) is 5.11 Å². The van der Waals surface area contributed by atoms with Crippen LogP contribution < -0.4 is 0 Å². The Morgan fingerprint density at radius 1 is 1.07 bits per heavy atom. The third kappa shape index (κ3) is 7.30. The Balaban J connectivity index is 3.76. The van der Waals surface area contributed by atoms with Crippen LogP contribution in [-0.4, -0.2) is 61.3 Å². The molecule has 0 rings (SSSR count). The topological polar surface area (TPSA) is 26.7 Å². The fourth-order valence-electron chi connectivity index (χ4n) is 1.38. The number of aliphatic hydroxyl groups is 1. The van der Waals surface area contributed by atoms with Gasteiger partial charge in [0.1, 0.15) is 0 Å². The van der Waals surface area contributed by atoms with Gasteiger partial charge in [-0.3, -0.25) is 4.90 Å². The average molecular weight is 202 g/mol. The van der Waals surface area contributed by atoms with Crippen LogP contribution in [0.15, 0.2) is 0 Å². The van der Waals surface area contributed by atoms with Crippen molar-refractivity contribution < 1.29 is 5.11 Å². The minimum atomic E-state index is -0.163. The van der Waals surface area contributed by atoms with Gasteiger partial charge in [0, 0.05) is 19.6 Å². The summed E-state index contributed by atoms with van der Waals surface area (Å²) in [7, 11) is 4.17. The first-order chi connectivity index (χ1) is 6.60. The molecule has 14 heavy (non-hydrogen) atoms. The first-order valence-electron chi connectivity index (χ1n) is 5.65. The van der Waals surface area contributed by atoms with Gasteiger partial charge in [0.25, 0.3) is 0 Å². The lowest BCUT2D eigenvalue weighted by Crippen LogP contribution is -2.37. The van der Waals surface area contributed by atoms with Gasteiger partial charge in [0.15, 0.2) is 0 Å². The zero-order chi connectivity index (χ0) is 11.0. The van der Waals surface area contributed by atoms with Crippen molar-refractivity contribution in [1.29, 1.82) is 0 Å². The Bertz CT molecular complexity index is 128. The van der Waals surface area contributed by atoms with Gasteiger partial charge < -0.3 is 10.0 Å². The zero-order valence-electron chi connectivity index (χ0n) is 10.2. The van der Waals surface area contributed by atoms with Gasteiger partial charge in [0.2, 0.25) is 0 Å². The molecule has 1 N–H and O–H groups in total. The molecule has 1 atom stereocenters. The first-order valence-corrected chi connectivity index (χ1v) is 5.65. The van der Waals surface area contributed by atoms with Crippen LogP contribution in [0.25, 0.3) is 0 Å². The fraction of sp³-hybridized carbons (Fsp3) is 1.00. The number of nitrogens with zero attached hydrogens (tertiary/aromatic N) is 2. The molecule has 0 heterocycles. The molecular weight excluding hydrogens is 176 g/mol. The Hall–Kier alpha value is -0.120. The van der Waals surface area contributed by atoms with Gasteiger partial charge >= 0.3 is 0 Å². The Labute approximate surface area is 88.7 Å². The third-order valence-corrected chi connectivity index (χ3v) is 2.34. The van der Waals surface area contributed by atoms with Crippen molar-refractivity contribution >= 4 is 0 Å². The smallest absolute Gasteiger partial charge is 0.0664 e. The van der Waals surface area contributed by atoms with E-state index in [0.29, 0.717) is 0 Å². The summed E-state index contributed by atoms with van der Waals surface area (Å²) in [4.78, 5) is 4.52. The van der Waals surface area contributed by atoms with E-state index < -0.39 is 0 Å². The molecule has 0 aliphatic carbocycles. The predicted molar refractivity (Wildman–Crippen MR) is 61.6 cm³/mol. The van der Waals surface area contributed by atoms with Crippen LogP contribution in [0.5, 0.6) is 0 Å². The molecule has 86 valence electrons. The molecule has 0 radical (unpaired) electrons. The quantitative estimate of drug-likeness (QED) is 0.637. The lowest BCUT2D eigenvalue weighted by Gasteiger charge is -2.25. The molecule has 0 amide bonds. The highest BCUT2D eigenvalue weighted by molar-refractivity contribution is 4.64. The van der Waals surface area contributed by atoms with Crippen molar-refractivity contribution in [2.24, 2.45) is 0 Å².